The number of hydrogen-bond acceptors (Lipinski definition) is 4. The Bertz CT molecular complexity index is 579. The molecule has 2 aromatic heterocycles. The fourth-order valence-corrected chi connectivity index (χ4v) is 1.98. The highest BCUT2D eigenvalue weighted by Crippen LogP contribution is 2.10. The van der Waals surface area contributed by atoms with E-state index in [1.165, 1.54) is 33.0 Å². The first-order chi connectivity index (χ1) is 10.2. The predicted molar refractivity (Wildman–Crippen MR) is 86.2 cm³/mol. The molecule has 0 aliphatic carbocycles. The molecule has 21 heavy (non-hydrogen) atoms. The SMILES string of the molecule is CC1CCNCC1.COc1ccc2[nH]c(=O)[nH]c2n1.ClCl. The van der Waals surface area contributed by atoms with Gasteiger partial charge in [-0.1, -0.05) is 6.92 Å². The largest absolute Gasteiger partial charge is 0.481 e. The van der Waals surface area contributed by atoms with Crippen LogP contribution in [0.4, 0.5) is 0 Å². The van der Waals surface area contributed by atoms with E-state index in [-0.39, 0.29) is 5.69 Å². The second kappa shape index (κ2) is 9.65. The van der Waals surface area contributed by atoms with Gasteiger partial charge < -0.3 is 15.0 Å². The summed E-state index contributed by atoms with van der Waals surface area (Å²) in [5, 5.41) is 3.32. The van der Waals surface area contributed by atoms with Gasteiger partial charge in [0.15, 0.2) is 5.65 Å². The van der Waals surface area contributed by atoms with Gasteiger partial charge in [-0.2, -0.15) is 4.98 Å². The molecular weight excluding hydrogens is 315 g/mol. The van der Waals surface area contributed by atoms with Crippen LogP contribution in [0, 0.1) is 5.92 Å². The molecule has 0 unspecified atom stereocenters. The van der Waals surface area contributed by atoms with Crippen LogP contribution in [0.3, 0.4) is 0 Å². The van der Waals surface area contributed by atoms with Crippen LogP contribution in [0.25, 0.3) is 11.2 Å². The first-order valence-corrected chi connectivity index (χ1v) is 7.81. The molecule has 1 aliphatic heterocycles. The number of piperidine rings is 1. The summed E-state index contributed by atoms with van der Waals surface area (Å²) >= 11 is 0. The van der Waals surface area contributed by atoms with Gasteiger partial charge in [0.1, 0.15) is 0 Å². The molecule has 3 heterocycles. The molecule has 3 N–H and O–H groups in total. The zero-order chi connectivity index (χ0) is 15.7. The summed E-state index contributed by atoms with van der Waals surface area (Å²) in [6.45, 7) is 4.79. The van der Waals surface area contributed by atoms with Crippen LogP contribution in [-0.4, -0.2) is 35.2 Å². The van der Waals surface area contributed by atoms with E-state index in [0.717, 1.165) is 5.92 Å². The van der Waals surface area contributed by atoms with Gasteiger partial charge in [-0.3, -0.25) is 4.98 Å². The summed E-state index contributed by atoms with van der Waals surface area (Å²) in [6.07, 6.45) is 2.75. The number of aromatic nitrogens is 3. The smallest absolute Gasteiger partial charge is 0.325 e. The normalized spacial score (nSPS) is 14.7. The van der Waals surface area contributed by atoms with Crippen molar-refractivity contribution in [2.45, 2.75) is 19.8 Å². The fourth-order valence-electron chi connectivity index (χ4n) is 1.98. The minimum absolute atomic E-state index is 0.259. The minimum atomic E-state index is -0.259. The number of nitrogens with one attached hydrogen (secondary N) is 3. The summed E-state index contributed by atoms with van der Waals surface area (Å²) in [5.41, 5.74) is 0.936. The molecule has 1 aliphatic rings. The van der Waals surface area contributed by atoms with E-state index in [1.54, 1.807) is 12.1 Å². The molecular formula is C13H20Cl2N4O2. The van der Waals surface area contributed by atoms with E-state index in [2.05, 4.69) is 48.9 Å². The fraction of sp³-hybridized carbons (Fsp3) is 0.538. The third kappa shape index (κ3) is 5.95. The van der Waals surface area contributed by atoms with Crippen molar-refractivity contribution in [2.75, 3.05) is 20.2 Å². The molecule has 0 atom stereocenters. The Morgan fingerprint density at radius 3 is 2.43 bits per heavy atom. The lowest BCUT2D eigenvalue weighted by atomic mass is 10.0. The number of pyridine rings is 1. The maximum Gasteiger partial charge on any atom is 0.325 e. The van der Waals surface area contributed by atoms with Crippen molar-refractivity contribution in [2.24, 2.45) is 5.92 Å². The van der Waals surface area contributed by atoms with Gasteiger partial charge >= 0.3 is 5.69 Å². The molecule has 1 fully saturated rings. The summed E-state index contributed by atoms with van der Waals surface area (Å²) in [6, 6.07) is 3.42. The number of ether oxygens (including phenoxy) is 1. The van der Waals surface area contributed by atoms with Gasteiger partial charge in [0.05, 0.1) is 12.6 Å². The van der Waals surface area contributed by atoms with Crippen LogP contribution in [0.1, 0.15) is 19.8 Å². The quantitative estimate of drug-likeness (QED) is 0.748. The third-order valence-electron chi connectivity index (χ3n) is 3.19. The zero-order valence-electron chi connectivity index (χ0n) is 12.1. The van der Waals surface area contributed by atoms with Gasteiger partial charge in [-0.15, -0.1) is 0 Å². The van der Waals surface area contributed by atoms with Gasteiger partial charge in [-0.25, -0.2) is 4.79 Å². The lowest BCUT2D eigenvalue weighted by Crippen LogP contribution is -2.26. The molecule has 1 saturated heterocycles. The van der Waals surface area contributed by atoms with E-state index < -0.39 is 0 Å². The Morgan fingerprint density at radius 2 is 1.90 bits per heavy atom. The molecule has 0 bridgehead atoms. The topological polar surface area (TPSA) is 82.8 Å². The Morgan fingerprint density at radius 1 is 1.24 bits per heavy atom. The number of H-pyrrole nitrogens is 2. The van der Waals surface area contributed by atoms with Crippen LogP contribution >= 0.6 is 21.7 Å². The average Bonchev–Trinajstić information content (AvgIpc) is 2.89. The van der Waals surface area contributed by atoms with E-state index in [0.29, 0.717) is 17.0 Å². The van der Waals surface area contributed by atoms with Crippen LogP contribution in [-0.2, 0) is 0 Å². The summed E-state index contributed by atoms with van der Waals surface area (Å²) in [5.74, 6) is 1.46. The Hall–Kier alpha value is -1.24. The van der Waals surface area contributed by atoms with Crippen molar-refractivity contribution in [3.05, 3.63) is 22.6 Å². The lowest BCUT2D eigenvalue weighted by Gasteiger charge is -2.17. The number of fused-ring (bicyclic) bond motifs is 1. The van der Waals surface area contributed by atoms with E-state index in [9.17, 15) is 4.79 Å². The van der Waals surface area contributed by atoms with Gasteiger partial charge in [0.2, 0.25) is 5.88 Å². The first kappa shape index (κ1) is 17.8. The summed E-state index contributed by atoms with van der Waals surface area (Å²) in [7, 11) is 9.75. The third-order valence-corrected chi connectivity index (χ3v) is 3.19. The molecule has 3 rings (SSSR count). The molecule has 0 aromatic carbocycles. The molecule has 118 valence electrons. The van der Waals surface area contributed by atoms with Crippen molar-refractivity contribution in [1.82, 2.24) is 20.3 Å². The molecule has 0 radical (unpaired) electrons. The molecule has 6 nitrogen and oxygen atoms in total. The Labute approximate surface area is 132 Å². The Balaban J connectivity index is 0.000000210. The van der Waals surface area contributed by atoms with E-state index in [4.69, 9.17) is 4.74 Å². The molecule has 8 heteroatoms. The highest BCUT2D eigenvalue weighted by Gasteiger charge is 2.05. The van der Waals surface area contributed by atoms with Crippen molar-refractivity contribution < 1.29 is 4.74 Å². The number of imidazole rings is 1. The van der Waals surface area contributed by atoms with Crippen LogP contribution < -0.4 is 15.7 Å². The van der Waals surface area contributed by atoms with Gasteiger partial charge in [0.25, 0.3) is 0 Å². The Kier molecular flexibility index (Phi) is 8.19. The lowest BCUT2D eigenvalue weighted by molar-refractivity contribution is 0.399. The van der Waals surface area contributed by atoms with Crippen molar-refractivity contribution in [1.29, 1.82) is 0 Å². The monoisotopic (exact) mass is 334 g/mol. The zero-order valence-corrected chi connectivity index (χ0v) is 13.6. The maximum atomic E-state index is 10.8. The molecule has 2 aromatic rings. The van der Waals surface area contributed by atoms with Gasteiger partial charge in [0, 0.05) is 27.8 Å². The molecule has 0 amide bonds. The number of nitrogens with zero attached hydrogens (tertiary/aromatic N) is 1. The van der Waals surface area contributed by atoms with E-state index in [1.807, 2.05) is 0 Å². The predicted octanol–water partition coefficient (Wildman–Crippen LogP) is 2.64. The standard InChI is InChI=1S/C7H7N3O2.C6H13N.Cl2/c1-12-5-3-2-4-6(9-5)10-7(11)8-4;1-6-2-4-7-5-3-6;1-2/h2-3H,1H3,(H2,8,9,10,11);6-7H,2-5H2,1H3;. The highest BCUT2D eigenvalue weighted by molar-refractivity contribution is 6.85. The van der Waals surface area contributed by atoms with Crippen molar-refractivity contribution >= 4 is 32.9 Å². The second-order valence-electron chi connectivity index (χ2n) is 4.76. The molecule has 0 saturated carbocycles. The van der Waals surface area contributed by atoms with Crippen LogP contribution in [0.15, 0.2) is 16.9 Å². The number of hydrogen-bond donors (Lipinski definition) is 3. The van der Waals surface area contributed by atoms with E-state index >= 15 is 0 Å². The number of methoxy groups -OCH3 is 1. The van der Waals surface area contributed by atoms with Crippen LogP contribution in [0.2, 0.25) is 0 Å². The number of aromatic amines is 2. The van der Waals surface area contributed by atoms with Crippen LogP contribution in [0.5, 0.6) is 5.88 Å². The van der Waals surface area contributed by atoms with Gasteiger partial charge in [-0.05, 0) is 37.9 Å². The van der Waals surface area contributed by atoms with Crippen molar-refractivity contribution in [3.8, 4) is 5.88 Å². The minimum Gasteiger partial charge on any atom is -0.481 e. The summed E-state index contributed by atoms with van der Waals surface area (Å²) < 4.78 is 4.88. The average molecular weight is 335 g/mol. The highest BCUT2D eigenvalue weighted by atomic mass is 36.5. The number of rotatable bonds is 1. The first-order valence-electron chi connectivity index (χ1n) is 6.67. The second-order valence-corrected chi connectivity index (χ2v) is 4.76. The molecule has 0 spiro atoms. The summed E-state index contributed by atoms with van der Waals surface area (Å²) in [4.78, 5) is 19.9. The maximum absolute atomic E-state index is 10.8. The number of halogens is 2. The van der Waals surface area contributed by atoms with Crippen molar-refractivity contribution in [3.63, 3.8) is 0 Å².